The van der Waals surface area contributed by atoms with Gasteiger partial charge in [-0.2, -0.15) is 0 Å². The van der Waals surface area contributed by atoms with Crippen LogP contribution >= 0.6 is 0 Å². The Morgan fingerprint density at radius 2 is 1.92 bits per heavy atom. The molecule has 36 heavy (non-hydrogen) atoms. The predicted octanol–water partition coefficient (Wildman–Crippen LogP) is 2.03. The van der Waals surface area contributed by atoms with E-state index in [0.717, 1.165) is 18.5 Å². The second kappa shape index (κ2) is 10.8. The number of imide groups is 1. The lowest BCUT2D eigenvalue weighted by atomic mass is 10.0. The number of nitrogens with one attached hydrogen (secondary N) is 2. The molecule has 9 heteroatoms. The maximum absolute atomic E-state index is 13.0. The summed E-state index contributed by atoms with van der Waals surface area (Å²) in [4.78, 5) is 40.4. The van der Waals surface area contributed by atoms with E-state index in [-0.39, 0.29) is 30.4 Å². The maximum atomic E-state index is 13.0. The Hall–Kier alpha value is -3.30. The minimum Gasteiger partial charge on any atom is -0.487 e. The fourth-order valence-electron chi connectivity index (χ4n) is 5.30. The molecule has 2 N–H and O–H groups in total. The molecule has 2 aromatic rings. The fraction of sp³-hybridized carbons (Fsp3) is 0.444. The molecule has 0 saturated carbocycles. The van der Waals surface area contributed by atoms with E-state index in [2.05, 4.69) is 27.7 Å². The zero-order valence-corrected chi connectivity index (χ0v) is 20.1. The number of alkyl halides is 1. The first-order valence-corrected chi connectivity index (χ1v) is 12.5. The average Bonchev–Trinajstić information content (AvgIpc) is 3.20. The first kappa shape index (κ1) is 24.4. The number of carbonyl (C=O) groups excluding carboxylic acids is 3. The molecule has 1 unspecified atom stereocenters. The Bertz CT molecular complexity index is 1130. The van der Waals surface area contributed by atoms with Crippen LogP contribution in [0.2, 0.25) is 0 Å². The van der Waals surface area contributed by atoms with Crippen LogP contribution in [0.4, 0.5) is 4.39 Å². The fourth-order valence-corrected chi connectivity index (χ4v) is 5.30. The Kier molecular flexibility index (Phi) is 7.29. The van der Waals surface area contributed by atoms with Gasteiger partial charge in [-0.15, -0.1) is 0 Å². The summed E-state index contributed by atoms with van der Waals surface area (Å²) in [5, 5.41) is 5.94. The molecule has 2 saturated heterocycles. The Morgan fingerprint density at radius 3 is 2.69 bits per heavy atom. The molecule has 190 valence electrons. The third kappa shape index (κ3) is 5.27. The SMILES string of the molecule is O=C1CCC(N2Cc3cc(O[C@@H]4CN(CCF)CC[C@H]4NCc4ccccc4)ccc3C2=O)C(=O)N1. The van der Waals surface area contributed by atoms with Crippen molar-refractivity contribution in [1.29, 1.82) is 0 Å². The molecule has 2 fully saturated rings. The molecule has 2 aromatic carbocycles. The van der Waals surface area contributed by atoms with Crippen LogP contribution in [0.15, 0.2) is 48.5 Å². The highest BCUT2D eigenvalue weighted by Gasteiger charge is 2.39. The molecule has 3 aliphatic heterocycles. The molecule has 8 nitrogen and oxygen atoms in total. The molecule has 0 spiro atoms. The highest BCUT2D eigenvalue weighted by molar-refractivity contribution is 6.05. The lowest BCUT2D eigenvalue weighted by Crippen LogP contribution is -2.55. The van der Waals surface area contributed by atoms with Gasteiger partial charge in [-0.3, -0.25) is 24.6 Å². The summed E-state index contributed by atoms with van der Waals surface area (Å²) in [5.41, 5.74) is 2.54. The lowest BCUT2D eigenvalue weighted by molar-refractivity contribution is -0.136. The van der Waals surface area contributed by atoms with Crippen molar-refractivity contribution in [3.05, 3.63) is 65.2 Å². The third-order valence-corrected chi connectivity index (χ3v) is 7.24. The number of likely N-dealkylation sites (tertiary alicyclic amines) is 1. The number of rotatable bonds is 8. The molecule has 5 rings (SSSR count). The highest BCUT2D eigenvalue weighted by Crippen LogP contribution is 2.31. The van der Waals surface area contributed by atoms with Crippen LogP contribution in [-0.2, 0) is 22.7 Å². The summed E-state index contributed by atoms with van der Waals surface area (Å²) in [5.74, 6) is -0.294. The quantitative estimate of drug-likeness (QED) is 0.546. The minimum atomic E-state index is -0.647. The van der Waals surface area contributed by atoms with Gasteiger partial charge in [0.25, 0.3) is 5.91 Å². The van der Waals surface area contributed by atoms with E-state index >= 15 is 0 Å². The number of halogens is 1. The molecule has 0 aliphatic carbocycles. The molecular weight excluding hydrogens is 463 g/mol. The van der Waals surface area contributed by atoms with Gasteiger partial charge in [0.1, 0.15) is 24.6 Å². The van der Waals surface area contributed by atoms with E-state index in [1.807, 2.05) is 24.3 Å². The van der Waals surface area contributed by atoms with Gasteiger partial charge in [0, 0.05) is 50.7 Å². The maximum Gasteiger partial charge on any atom is 0.255 e. The molecule has 0 radical (unpaired) electrons. The second-order valence-corrected chi connectivity index (χ2v) is 9.63. The summed E-state index contributed by atoms with van der Waals surface area (Å²) in [6.07, 6.45) is 1.20. The first-order chi connectivity index (χ1) is 17.5. The minimum absolute atomic E-state index is 0.0934. The Labute approximate surface area is 209 Å². The zero-order valence-electron chi connectivity index (χ0n) is 20.1. The summed E-state index contributed by atoms with van der Waals surface area (Å²) >= 11 is 0. The molecule has 0 bridgehead atoms. The van der Waals surface area contributed by atoms with E-state index in [4.69, 9.17) is 4.74 Å². The highest BCUT2D eigenvalue weighted by atomic mass is 19.1. The number of nitrogens with zero attached hydrogens (tertiary/aromatic N) is 2. The van der Waals surface area contributed by atoms with Gasteiger partial charge in [-0.25, -0.2) is 4.39 Å². The zero-order chi connectivity index (χ0) is 25.1. The number of amides is 3. The van der Waals surface area contributed by atoms with Gasteiger partial charge in [-0.05, 0) is 42.2 Å². The van der Waals surface area contributed by atoms with Crippen molar-refractivity contribution in [2.75, 3.05) is 26.3 Å². The van der Waals surface area contributed by atoms with E-state index in [9.17, 15) is 18.8 Å². The number of carbonyl (C=O) groups is 3. The largest absolute Gasteiger partial charge is 0.487 e. The molecule has 3 atom stereocenters. The van der Waals surface area contributed by atoms with E-state index in [1.54, 1.807) is 12.1 Å². The second-order valence-electron chi connectivity index (χ2n) is 9.63. The average molecular weight is 495 g/mol. The van der Waals surface area contributed by atoms with Crippen LogP contribution in [0.5, 0.6) is 5.75 Å². The van der Waals surface area contributed by atoms with Crippen molar-refractivity contribution in [1.82, 2.24) is 20.4 Å². The normalized spacial score (nSPS) is 24.5. The van der Waals surface area contributed by atoms with Crippen molar-refractivity contribution >= 4 is 17.7 Å². The smallest absolute Gasteiger partial charge is 0.255 e. The van der Waals surface area contributed by atoms with Crippen LogP contribution < -0.4 is 15.4 Å². The van der Waals surface area contributed by atoms with Crippen LogP contribution in [-0.4, -0.2) is 72.0 Å². The van der Waals surface area contributed by atoms with E-state index in [1.165, 1.54) is 10.5 Å². The van der Waals surface area contributed by atoms with Gasteiger partial charge < -0.3 is 15.0 Å². The molecular formula is C27H31FN4O4. The summed E-state index contributed by atoms with van der Waals surface area (Å²) in [7, 11) is 0. The van der Waals surface area contributed by atoms with Crippen LogP contribution in [0.3, 0.4) is 0 Å². The number of ether oxygens (including phenoxy) is 1. The van der Waals surface area contributed by atoms with Gasteiger partial charge in [0.15, 0.2) is 0 Å². The number of hydrogen-bond acceptors (Lipinski definition) is 6. The van der Waals surface area contributed by atoms with Crippen molar-refractivity contribution in [3.8, 4) is 5.75 Å². The summed E-state index contributed by atoms with van der Waals surface area (Å²) < 4.78 is 19.5. The standard InChI is InChI=1S/C27H31FN4O4/c28-11-13-31-12-10-22(29-15-18-4-2-1-3-5-18)24(17-31)36-20-6-7-21-19(14-20)16-32(27(21)35)23-8-9-25(33)30-26(23)34/h1-7,14,22-24,29H,8-13,15-17H2,(H,30,33,34)/t22-,23?,24-/m1/s1. The molecule has 3 amide bonds. The van der Waals surface area contributed by atoms with Crippen LogP contribution in [0.1, 0.15) is 40.7 Å². The topological polar surface area (TPSA) is 91.0 Å². The van der Waals surface area contributed by atoms with Crippen LogP contribution in [0.25, 0.3) is 0 Å². The predicted molar refractivity (Wildman–Crippen MR) is 131 cm³/mol. The van der Waals surface area contributed by atoms with Gasteiger partial charge in [0.05, 0.1) is 0 Å². The number of piperidine rings is 2. The molecule has 3 aliphatic rings. The number of benzene rings is 2. The van der Waals surface area contributed by atoms with E-state index in [0.29, 0.717) is 43.9 Å². The lowest BCUT2D eigenvalue weighted by Gasteiger charge is -2.38. The number of hydrogen-bond donors (Lipinski definition) is 2. The summed E-state index contributed by atoms with van der Waals surface area (Å²) in [6, 6.07) is 15.0. The van der Waals surface area contributed by atoms with Crippen molar-refractivity contribution in [2.24, 2.45) is 0 Å². The van der Waals surface area contributed by atoms with Gasteiger partial charge >= 0.3 is 0 Å². The Balaban J connectivity index is 1.28. The van der Waals surface area contributed by atoms with Crippen molar-refractivity contribution in [2.45, 2.75) is 50.5 Å². The molecule has 3 heterocycles. The monoisotopic (exact) mass is 494 g/mol. The van der Waals surface area contributed by atoms with Crippen LogP contribution in [0, 0.1) is 0 Å². The van der Waals surface area contributed by atoms with Crippen molar-refractivity contribution < 1.29 is 23.5 Å². The van der Waals surface area contributed by atoms with Gasteiger partial charge in [0.2, 0.25) is 11.8 Å². The summed E-state index contributed by atoms with van der Waals surface area (Å²) in [6.45, 7) is 2.40. The van der Waals surface area contributed by atoms with Crippen molar-refractivity contribution in [3.63, 3.8) is 0 Å². The third-order valence-electron chi connectivity index (χ3n) is 7.24. The molecule has 0 aromatic heterocycles. The van der Waals surface area contributed by atoms with Gasteiger partial charge in [-0.1, -0.05) is 30.3 Å². The number of fused-ring (bicyclic) bond motifs is 1. The van der Waals surface area contributed by atoms with E-state index < -0.39 is 18.6 Å². The first-order valence-electron chi connectivity index (χ1n) is 12.5. The Morgan fingerprint density at radius 1 is 1.08 bits per heavy atom.